The molecule has 2 saturated heterocycles. The van der Waals surface area contributed by atoms with Gasteiger partial charge in [-0.05, 0) is 25.0 Å². The number of amides is 1. The summed E-state index contributed by atoms with van der Waals surface area (Å²) in [5, 5.41) is 11.3. The average molecular weight is 443 g/mol. The molecule has 3 aliphatic rings. The standard InChI is InChI=1S/C22H25N3O7/c1-15(26)23-9-11-24(12-10-23)19-6-5-17(25(29)30)13-16(19)14-18-20(27)31-22(32-21(18)28)7-3-2-4-8-22/h5-6,13-14H,2-4,7-12H2,1H3. The molecule has 10 nitrogen and oxygen atoms in total. The van der Waals surface area contributed by atoms with Crippen molar-refractivity contribution in [3.63, 3.8) is 0 Å². The normalized spacial score (nSPS) is 20.6. The number of rotatable bonds is 3. The van der Waals surface area contributed by atoms with Gasteiger partial charge in [-0.2, -0.15) is 0 Å². The van der Waals surface area contributed by atoms with Gasteiger partial charge in [0, 0.05) is 69.3 Å². The lowest BCUT2D eigenvalue weighted by Gasteiger charge is -2.39. The van der Waals surface area contributed by atoms with Crippen LogP contribution in [0.15, 0.2) is 23.8 Å². The quantitative estimate of drug-likeness (QED) is 0.230. The number of ether oxygens (including phenoxy) is 2. The van der Waals surface area contributed by atoms with E-state index in [0.29, 0.717) is 50.3 Å². The summed E-state index contributed by atoms with van der Waals surface area (Å²) in [7, 11) is 0. The number of carbonyl (C=O) groups is 3. The topological polar surface area (TPSA) is 119 Å². The van der Waals surface area contributed by atoms with Gasteiger partial charge < -0.3 is 19.3 Å². The molecule has 0 radical (unpaired) electrons. The van der Waals surface area contributed by atoms with Crippen LogP contribution in [-0.4, -0.2) is 59.6 Å². The summed E-state index contributed by atoms with van der Waals surface area (Å²) in [5.41, 5.74) is 0.526. The second kappa shape index (κ2) is 8.60. The molecule has 0 atom stereocenters. The summed E-state index contributed by atoms with van der Waals surface area (Å²) in [6, 6.07) is 4.30. The predicted octanol–water partition coefficient (Wildman–Crippen LogP) is 2.41. The molecule has 1 aromatic carbocycles. The van der Waals surface area contributed by atoms with E-state index in [9.17, 15) is 24.5 Å². The molecule has 32 heavy (non-hydrogen) atoms. The first kappa shape index (κ1) is 21.8. The fraction of sp³-hybridized carbons (Fsp3) is 0.500. The Balaban J connectivity index is 1.64. The SMILES string of the molecule is CC(=O)N1CCN(c2ccc([N+](=O)[O-])cc2C=C2C(=O)OC3(CCCCC3)OC2=O)CC1. The van der Waals surface area contributed by atoms with Gasteiger partial charge in [0.1, 0.15) is 5.57 Å². The Morgan fingerprint density at radius 1 is 1.06 bits per heavy atom. The number of nitro groups is 1. The van der Waals surface area contributed by atoms with Gasteiger partial charge in [0.25, 0.3) is 11.5 Å². The lowest BCUT2D eigenvalue weighted by atomic mass is 9.93. The molecule has 0 unspecified atom stereocenters. The van der Waals surface area contributed by atoms with Crippen molar-refractivity contribution in [3.8, 4) is 0 Å². The van der Waals surface area contributed by atoms with E-state index in [2.05, 4.69) is 0 Å². The van der Waals surface area contributed by atoms with Crippen LogP contribution >= 0.6 is 0 Å². The summed E-state index contributed by atoms with van der Waals surface area (Å²) < 4.78 is 11.1. The Kier molecular flexibility index (Phi) is 5.86. The number of anilines is 1. The number of nitro benzene ring substituents is 1. The Morgan fingerprint density at radius 3 is 2.25 bits per heavy atom. The van der Waals surface area contributed by atoms with Crippen molar-refractivity contribution in [2.45, 2.75) is 44.8 Å². The Bertz CT molecular complexity index is 967. The van der Waals surface area contributed by atoms with E-state index in [0.717, 1.165) is 19.3 Å². The highest BCUT2D eigenvalue weighted by molar-refractivity contribution is 6.19. The molecule has 2 aliphatic heterocycles. The molecule has 1 saturated carbocycles. The molecule has 1 aromatic rings. The van der Waals surface area contributed by atoms with Crippen molar-refractivity contribution in [3.05, 3.63) is 39.4 Å². The first-order valence-electron chi connectivity index (χ1n) is 10.8. The average Bonchev–Trinajstić information content (AvgIpc) is 2.76. The van der Waals surface area contributed by atoms with Gasteiger partial charge in [0.05, 0.1) is 4.92 Å². The lowest BCUT2D eigenvalue weighted by molar-refractivity contribution is -0.384. The van der Waals surface area contributed by atoms with E-state index in [4.69, 9.17) is 9.47 Å². The monoisotopic (exact) mass is 443 g/mol. The molecule has 170 valence electrons. The van der Waals surface area contributed by atoms with Crippen LogP contribution in [0, 0.1) is 10.1 Å². The van der Waals surface area contributed by atoms with E-state index in [1.165, 1.54) is 25.1 Å². The first-order valence-corrected chi connectivity index (χ1v) is 10.8. The lowest BCUT2D eigenvalue weighted by Crippen LogP contribution is -2.48. The number of benzene rings is 1. The summed E-state index contributed by atoms with van der Waals surface area (Å²) in [6.07, 6.45) is 4.86. The van der Waals surface area contributed by atoms with E-state index < -0.39 is 22.6 Å². The minimum absolute atomic E-state index is 0.0139. The van der Waals surface area contributed by atoms with E-state index in [1.807, 2.05) is 4.90 Å². The molecule has 3 fully saturated rings. The van der Waals surface area contributed by atoms with Gasteiger partial charge in [-0.1, -0.05) is 6.42 Å². The Labute approximate surface area is 184 Å². The smallest absolute Gasteiger partial charge is 0.348 e. The molecule has 0 bridgehead atoms. The number of carbonyl (C=O) groups excluding carboxylic acids is 3. The van der Waals surface area contributed by atoms with E-state index in [1.54, 1.807) is 11.0 Å². The summed E-state index contributed by atoms with van der Waals surface area (Å²) >= 11 is 0. The number of piperazine rings is 1. The molecule has 0 aromatic heterocycles. The third kappa shape index (κ3) is 4.30. The molecular formula is C22H25N3O7. The highest BCUT2D eigenvalue weighted by Gasteiger charge is 2.46. The maximum Gasteiger partial charge on any atom is 0.348 e. The van der Waals surface area contributed by atoms with Crippen molar-refractivity contribution in [1.29, 1.82) is 0 Å². The second-order valence-electron chi connectivity index (χ2n) is 8.30. The van der Waals surface area contributed by atoms with Gasteiger partial charge >= 0.3 is 11.9 Å². The number of nitrogens with zero attached hydrogens (tertiary/aromatic N) is 3. The number of non-ortho nitro benzene ring substituents is 1. The predicted molar refractivity (Wildman–Crippen MR) is 114 cm³/mol. The zero-order valence-corrected chi connectivity index (χ0v) is 17.9. The third-order valence-electron chi connectivity index (χ3n) is 6.20. The van der Waals surface area contributed by atoms with Crippen LogP contribution in [-0.2, 0) is 23.9 Å². The first-order chi connectivity index (χ1) is 15.3. The van der Waals surface area contributed by atoms with Crippen LogP contribution in [0.2, 0.25) is 0 Å². The van der Waals surface area contributed by atoms with Crippen LogP contribution in [0.3, 0.4) is 0 Å². The van der Waals surface area contributed by atoms with Gasteiger partial charge in [-0.3, -0.25) is 14.9 Å². The zero-order valence-electron chi connectivity index (χ0n) is 17.9. The van der Waals surface area contributed by atoms with Crippen LogP contribution in [0.4, 0.5) is 11.4 Å². The highest BCUT2D eigenvalue weighted by atomic mass is 16.7. The van der Waals surface area contributed by atoms with Crippen LogP contribution in [0.5, 0.6) is 0 Å². The number of hydrogen-bond donors (Lipinski definition) is 0. The molecule has 2 heterocycles. The van der Waals surface area contributed by atoms with Crippen LogP contribution in [0.25, 0.3) is 6.08 Å². The molecular weight excluding hydrogens is 418 g/mol. The van der Waals surface area contributed by atoms with E-state index in [-0.39, 0.29) is 17.2 Å². The highest BCUT2D eigenvalue weighted by Crippen LogP contribution is 2.38. The van der Waals surface area contributed by atoms with Crippen molar-refractivity contribution in [2.24, 2.45) is 0 Å². The fourth-order valence-electron chi connectivity index (χ4n) is 4.44. The second-order valence-corrected chi connectivity index (χ2v) is 8.30. The summed E-state index contributed by atoms with van der Waals surface area (Å²) in [6.45, 7) is 3.57. The van der Waals surface area contributed by atoms with Crippen molar-refractivity contribution in [2.75, 3.05) is 31.1 Å². The zero-order chi connectivity index (χ0) is 22.9. The largest absolute Gasteiger partial charge is 0.419 e. The van der Waals surface area contributed by atoms with Crippen molar-refractivity contribution in [1.82, 2.24) is 4.90 Å². The molecule has 10 heteroatoms. The van der Waals surface area contributed by atoms with Crippen molar-refractivity contribution >= 4 is 35.3 Å². The minimum atomic E-state index is -1.20. The number of hydrogen-bond acceptors (Lipinski definition) is 8. The molecule has 1 amide bonds. The maximum atomic E-state index is 12.7. The fourth-order valence-corrected chi connectivity index (χ4v) is 4.44. The van der Waals surface area contributed by atoms with Crippen molar-refractivity contribution < 1.29 is 28.8 Å². The number of esters is 2. The van der Waals surface area contributed by atoms with Gasteiger partial charge in [-0.15, -0.1) is 0 Å². The maximum absolute atomic E-state index is 12.7. The third-order valence-corrected chi connectivity index (χ3v) is 6.20. The van der Waals surface area contributed by atoms with Gasteiger partial charge in [0.2, 0.25) is 5.91 Å². The van der Waals surface area contributed by atoms with E-state index >= 15 is 0 Å². The van der Waals surface area contributed by atoms with Crippen LogP contribution < -0.4 is 4.90 Å². The van der Waals surface area contributed by atoms with Gasteiger partial charge in [-0.25, -0.2) is 9.59 Å². The molecule has 4 rings (SSSR count). The molecule has 0 N–H and O–H groups in total. The Hall–Kier alpha value is -3.43. The van der Waals surface area contributed by atoms with Crippen LogP contribution in [0.1, 0.15) is 44.6 Å². The molecule has 1 aliphatic carbocycles. The minimum Gasteiger partial charge on any atom is -0.419 e. The van der Waals surface area contributed by atoms with Gasteiger partial charge in [0.15, 0.2) is 0 Å². The Morgan fingerprint density at radius 2 is 1.69 bits per heavy atom. The summed E-state index contributed by atoms with van der Waals surface area (Å²) in [5.74, 6) is -2.76. The molecule has 1 spiro atoms. The summed E-state index contributed by atoms with van der Waals surface area (Å²) in [4.78, 5) is 51.5.